The summed E-state index contributed by atoms with van der Waals surface area (Å²) in [6, 6.07) is 3.85. The Morgan fingerprint density at radius 2 is 2.38 bits per heavy atom. The van der Waals surface area contributed by atoms with Crippen LogP contribution in [0.3, 0.4) is 0 Å². The molecule has 2 aromatic heterocycles. The van der Waals surface area contributed by atoms with E-state index in [0.29, 0.717) is 18.4 Å². The maximum Gasteiger partial charge on any atom is 0.206 e. The Kier molecular flexibility index (Phi) is 4.10. The SMILES string of the molecule is C=C(C)CN=c1scc(-c2ccco2)n1N=CC1CC2C=CC1C2. The molecule has 0 amide bonds. The minimum absolute atomic E-state index is 0.533. The summed E-state index contributed by atoms with van der Waals surface area (Å²) in [7, 11) is 0. The van der Waals surface area contributed by atoms with Crippen molar-refractivity contribution in [2.24, 2.45) is 27.8 Å². The van der Waals surface area contributed by atoms with E-state index in [1.807, 2.05) is 29.1 Å². The molecule has 2 heterocycles. The van der Waals surface area contributed by atoms with Crippen LogP contribution in [0.1, 0.15) is 19.8 Å². The van der Waals surface area contributed by atoms with Gasteiger partial charge in [0, 0.05) is 17.5 Å². The van der Waals surface area contributed by atoms with E-state index in [0.717, 1.165) is 27.7 Å². The van der Waals surface area contributed by atoms with Crippen molar-refractivity contribution < 1.29 is 4.42 Å². The zero-order valence-corrected chi connectivity index (χ0v) is 14.6. The van der Waals surface area contributed by atoms with Gasteiger partial charge in [-0.2, -0.15) is 5.10 Å². The van der Waals surface area contributed by atoms with Crippen molar-refractivity contribution in [2.45, 2.75) is 19.8 Å². The number of allylic oxidation sites excluding steroid dienone is 2. The van der Waals surface area contributed by atoms with Crippen molar-refractivity contribution >= 4 is 17.6 Å². The smallest absolute Gasteiger partial charge is 0.206 e. The molecule has 0 aromatic carbocycles. The molecule has 2 aliphatic rings. The lowest BCUT2D eigenvalue weighted by Gasteiger charge is -2.12. The molecule has 2 aliphatic carbocycles. The van der Waals surface area contributed by atoms with Gasteiger partial charge in [0.15, 0.2) is 5.76 Å². The van der Waals surface area contributed by atoms with Gasteiger partial charge in [-0.1, -0.05) is 24.3 Å². The Balaban J connectivity index is 1.68. The Bertz CT molecular complexity index is 854. The van der Waals surface area contributed by atoms with Gasteiger partial charge >= 0.3 is 0 Å². The molecule has 4 rings (SSSR count). The van der Waals surface area contributed by atoms with Crippen molar-refractivity contribution in [3.05, 3.63) is 52.9 Å². The highest BCUT2D eigenvalue weighted by atomic mass is 32.1. The third-order valence-corrected chi connectivity index (χ3v) is 5.50. The van der Waals surface area contributed by atoms with Gasteiger partial charge in [-0.15, -0.1) is 11.3 Å². The zero-order chi connectivity index (χ0) is 16.5. The van der Waals surface area contributed by atoms with Crippen molar-refractivity contribution in [1.82, 2.24) is 4.68 Å². The van der Waals surface area contributed by atoms with E-state index >= 15 is 0 Å². The number of hydrogen-bond acceptors (Lipinski definition) is 4. The largest absolute Gasteiger partial charge is 0.463 e. The molecule has 0 aliphatic heterocycles. The molecule has 0 spiro atoms. The van der Waals surface area contributed by atoms with Crippen molar-refractivity contribution in [1.29, 1.82) is 0 Å². The van der Waals surface area contributed by atoms with Gasteiger partial charge < -0.3 is 4.42 Å². The number of furan rings is 1. The summed E-state index contributed by atoms with van der Waals surface area (Å²) in [5, 5.41) is 6.84. The molecule has 1 saturated carbocycles. The van der Waals surface area contributed by atoms with E-state index in [4.69, 9.17) is 9.52 Å². The fourth-order valence-electron chi connectivity index (χ4n) is 3.46. The molecular weight excluding hydrogens is 318 g/mol. The molecule has 0 radical (unpaired) electrons. The minimum Gasteiger partial charge on any atom is -0.463 e. The van der Waals surface area contributed by atoms with Crippen LogP contribution in [0.15, 0.2) is 62.6 Å². The van der Waals surface area contributed by atoms with Gasteiger partial charge in [0.2, 0.25) is 4.80 Å². The Morgan fingerprint density at radius 3 is 3.04 bits per heavy atom. The van der Waals surface area contributed by atoms with Crippen LogP contribution in [0.2, 0.25) is 0 Å². The standard InChI is InChI=1S/C19H21N3OS/c1-13(2)10-20-19-22(17(12-24-19)18-4-3-7-23-18)21-11-16-9-14-5-6-15(16)8-14/h3-7,11-12,14-16H,1,8-10H2,2H3. The van der Waals surface area contributed by atoms with Crippen molar-refractivity contribution in [3.8, 4) is 11.5 Å². The van der Waals surface area contributed by atoms with Crippen LogP contribution in [0.5, 0.6) is 0 Å². The van der Waals surface area contributed by atoms with Crippen molar-refractivity contribution in [3.63, 3.8) is 0 Å². The molecule has 124 valence electrons. The molecular formula is C19H21N3OS. The molecule has 0 saturated heterocycles. The highest BCUT2D eigenvalue weighted by molar-refractivity contribution is 7.07. The summed E-state index contributed by atoms with van der Waals surface area (Å²) < 4.78 is 7.47. The number of thiazole rings is 1. The molecule has 5 heteroatoms. The number of nitrogens with zero attached hydrogens (tertiary/aromatic N) is 3. The van der Waals surface area contributed by atoms with E-state index in [9.17, 15) is 0 Å². The number of hydrogen-bond donors (Lipinski definition) is 0. The number of rotatable bonds is 5. The maximum absolute atomic E-state index is 5.56. The fourth-order valence-corrected chi connectivity index (χ4v) is 4.28. The van der Waals surface area contributed by atoms with E-state index < -0.39 is 0 Å². The number of fused-ring (bicyclic) bond motifs is 2. The molecule has 2 bridgehead atoms. The van der Waals surface area contributed by atoms with E-state index in [2.05, 4.69) is 29.9 Å². The molecule has 3 unspecified atom stereocenters. The summed E-state index contributed by atoms with van der Waals surface area (Å²) in [5.74, 6) is 2.75. The predicted octanol–water partition coefficient (Wildman–Crippen LogP) is 4.33. The molecule has 0 N–H and O–H groups in total. The highest BCUT2D eigenvalue weighted by Gasteiger charge is 2.34. The minimum atomic E-state index is 0.533. The summed E-state index contributed by atoms with van der Waals surface area (Å²) in [4.78, 5) is 5.52. The lowest BCUT2D eigenvalue weighted by atomic mass is 9.95. The second kappa shape index (κ2) is 6.40. The first kappa shape index (κ1) is 15.4. The van der Waals surface area contributed by atoms with Gasteiger partial charge in [-0.05, 0) is 43.7 Å². The lowest BCUT2D eigenvalue weighted by Crippen LogP contribution is -2.15. The van der Waals surface area contributed by atoms with Gasteiger partial charge in [0.25, 0.3) is 0 Å². The molecule has 1 fully saturated rings. The maximum atomic E-state index is 5.56. The van der Waals surface area contributed by atoms with Gasteiger partial charge in [-0.25, -0.2) is 4.68 Å². The van der Waals surface area contributed by atoms with Gasteiger partial charge in [0.1, 0.15) is 5.69 Å². The van der Waals surface area contributed by atoms with Crippen LogP contribution in [0.25, 0.3) is 11.5 Å². The second-order valence-corrected chi connectivity index (χ2v) is 7.51. The van der Waals surface area contributed by atoms with Crippen LogP contribution in [0, 0.1) is 17.8 Å². The Hall–Kier alpha value is -2.14. The first-order valence-corrected chi connectivity index (χ1v) is 9.21. The average molecular weight is 339 g/mol. The first-order valence-electron chi connectivity index (χ1n) is 8.33. The van der Waals surface area contributed by atoms with Gasteiger partial charge in [0.05, 0.1) is 12.8 Å². The fraction of sp³-hybridized carbons (Fsp3) is 0.368. The Morgan fingerprint density at radius 1 is 1.46 bits per heavy atom. The summed E-state index contributed by atoms with van der Waals surface area (Å²) in [6.07, 6.45) is 11.0. The monoisotopic (exact) mass is 339 g/mol. The topological polar surface area (TPSA) is 42.8 Å². The van der Waals surface area contributed by atoms with E-state index in [1.165, 1.54) is 12.8 Å². The first-order chi connectivity index (χ1) is 11.7. The third kappa shape index (κ3) is 2.96. The lowest BCUT2D eigenvalue weighted by molar-refractivity contribution is 0.572. The van der Waals surface area contributed by atoms with E-state index in [1.54, 1.807) is 17.6 Å². The third-order valence-electron chi connectivity index (χ3n) is 4.65. The summed E-state index contributed by atoms with van der Waals surface area (Å²) in [5.41, 5.74) is 1.98. The second-order valence-electron chi connectivity index (χ2n) is 6.67. The van der Waals surface area contributed by atoms with Crippen LogP contribution in [-0.2, 0) is 0 Å². The summed E-state index contributed by atoms with van der Waals surface area (Å²) in [6.45, 7) is 6.53. The predicted molar refractivity (Wildman–Crippen MR) is 98.0 cm³/mol. The van der Waals surface area contributed by atoms with Crippen LogP contribution >= 0.6 is 11.3 Å². The molecule has 3 atom stereocenters. The highest BCUT2D eigenvalue weighted by Crippen LogP contribution is 2.42. The normalized spacial score (nSPS) is 26.0. The molecule has 24 heavy (non-hydrogen) atoms. The van der Waals surface area contributed by atoms with Crippen LogP contribution < -0.4 is 4.80 Å². The molecule has 2 aromatic rings. The Labute approximate surface area is 145 Å². The molecule has 4 nitrogen and oxygen atoms in total. The van der Waals surface area contributed by atoms with Crippen LogP contribution in [-0.4, -0.2) is 17.4 Å². The quantitative estimate of drug-likeness (QED) is 0.590. The summed E-state index contributed by atoms with van der Waals surface area (Å²) >= 11 is 1.58. The number of aromatic nitrogens is 1. The average Bonchev–Trinajstić information content (AvgIpc) is 3.34. The van der Waals surface area contributed by atoms with Crippen molar-refractivity contribution in [2.75, 3.05) is 6.54 Å². The van der Waals surface area contributed by atoms with Crippen LogP contribution in [0.4, 0.5) is 0 Å². The zero-order valence-electron chi connectivity index (χ0n) is 13.8. The van der Waals surface area contributed by atoms with E-state index in [-0.39, 0.29) is 0 Å². The van der Waals surface area contributed by atoms with Gasteiger partial charge in [-0.3, -0.25) is 4.99 Å².